The standard InChI is InChI=1S/C51H40BNS2/c1-51(2)44-23-13-12-21-42(44)49-43(41-22-14-24-47-50(41)52(31-32-54-47)38-19-10-5-11-20-38)33-40(34-45(49)51)53(48-30-29-46(55-48)37-17-8-4-9-18-37)39-27-25-36(26-28-39)35-15-6-3-7-16-35/h3-30,33-34H,31-32H2,1-2H3. The third kappa shape index (κ3) is 5.96. The van der Waals surface area contributed by atoms with Crippen molar-refractivity contribution in [1.82, 2.24) is 0 Å². The highest BCUT2D eigenvalue weighted by molar-refractivity contribution is 7.99. The van der Waals surface area contributed by atoms with Crippen LogP contribution in [0.2, 0.25) is 6.32 Å². The molecule has 4 heteroatoms. The van der Waals surface area contributed by atoms with Crippen LogP contribution in [0, 0.1) is 0 Å². The van der Waals surface area contributed by atoms with Crippen LogP contribution in [0.3, 0.4) is 0 Å². The molecule has 0 N–H and O–H groups in total. The molecule has 7 aromatic carbocycles. The Morgan fingerprint density at radius 1 is 0.527 bits per heavy atom. The van der Waals surface area contributed by atoms with Crippen molar-refractivity contribution in [2.24, 2.45) is 0 Å². The van der Waals surface area contributed by atoms with Crippen molar-refractivity contribution in [3.63, 3.8) is 0 Å². The average Bonchev–Trinajstić information content (AvgIpc) is 3.82. The van der Waals surface area contributed by atoms with Crippen LogP contribution in [0.1, 0.15) is 25.0 Å². The molecule has 0 saturated carbocycles. The molecule has 2 aliphatic rings. The van der Waals surface area contributed by atoms with Gasteiger partial charge in [0.2, 0.25) is 6.71 Å². The van der Waals surface area contributed by atoms with Crippen LogP contribution in [-0.4, -0.2) is 12.5 Å². The molecule has 1 nitrogen and oxygen atoms in total. The Labute approximate surface area is 333 Å². The van der Waals surface area contributed by atoms with Gasteiger partial charge in [0.1, 0.15) is 5.00 Å². The molecular weight excluding hydrogens is 702 g/mol. The minimum Gasteiger partial charge on any atom is -0.302 e. The molecule has 55 heavy (non-hydrogen) atoms. The highest BCUT2D eigenvalue weighted by atomic mass is 32.2. The van der Waals surface area contributed by atoms with E-state index < -0.39 is 0 Å². The quantitative estimate of drug-likeness (QED) is 0.150. The fourth-order valence-electron chi connectivity index (χ4n) is 8.90. The zero-order chi connectivity index (χ0) is 36.9. The predicted molar refractivity (Wildman–Crippen MR) is 240 cm³/mol. The van der Waals surface area contributed by atoms with Crippen molar-refractivity contribution in [2.45, 2.75) is 30.5 Å². The number of rotatable bonds is 7. The van der Waals surface area contributed by atoms with Gasteiger partial charge in [-0.2, -0.15) is 0 Å². The highest BCUT2D eigenvalue weighted by Crippen LogP contribution is 2.55. The molecule has 10 rings (SSSR count). The van der Waals surface area contributed by atoms with Gasteiger partial charge in [-0.1, -0.05) is 171 Å². The van der Waals surface area contributed by atoms with E-state index in [-0.39, 0.29) is 5.41 Å². The van der Waals surface area contributed by atoms with Gasteiger partial charge in [-0.05, 0) is 98.3 Å². The Hall–Kier alpha value is -5.55. The normalized spacial score (nSPS) is 13.9. The minimum absolute atomic E-state index is 0.174. The summed E-state index contributed by atoms with van der Waals surface area (Å²) < 4.78 is 0. The van der Waals surface area contributed by atoms with E-state index in [1.807, 2.05) is 23.1 Å². The van der Waals surface area contributed by atoms with Gasteiger partial charge >= 0.3 is 0 Å². The van der Waals surface area contributed by atoms with E-state index in [0.29, 0.717) is 6.71 Å². The molecule has 0 spiro atoms. The summed E-state index contributed by atoms with van der Waals surface area (Å²) in [5.41, 5.74) is 16.9. The largest absolute Gasteiger partial charge is 0.302 e. The van der Waals surface area contributed by atoms with Crippen LogP contribution in [0.15, 0.2) is 187 Å². The summed E-state index contributed by atoms with van der Waals surface area (Å²) in [6.45, 7) is 5.16. The van der Waals surface area contributed by atoms with Gasteiger partial charge in [0.05, 0.1) is 0 Å². The van der Waals surface area contributed by atoms with Crippen molar-refractivity contribution in [1.29, 1.82) is 0 Å². The van der Waals surface area contributed by atoms with E-state index in [4.69, 9.17) is 0 Å². The number of benzene rings is 7. The van der Waals surface area contributed by atoms with Gasteiger partial charge < -0.3 is 4.90 Å². The molecule has 1 aliphatic carbocycles. The smallest absolute Gasteiger partial charge is 0.212 e. The van der Waals surface area contributed by atoms with Crippen molar-refractivity contribution in [2.75, 3.05) is 10.7 Å². The number of thioether (sulfide) groups is 1. The van der Waals surface area contributed by atoms with Crippen LogP contribution < -0.4 is 15.8 Å². The fourth-order valence-corrected chi connectivity index (χ4v) is 11.1. The average molecular weight is 742 g/mol. The van der Waals surface area contributed by atoms with Crippen molar-refractivity contribution >= 4 is 57.1 Å². The van der Waals surface area contributed by atoms with Crippen molar-refractivity contribution in [3.05, 3.63) is 193 Å². The number of thiophene rings is 1. The van der Waals surface area contributed by atoms with Gasteiger partial charge in [0.25, 0.3) is 0 Å². The molecule has 1 aromatic heterocycles. The summed E-state index contributed by atoms with van der Waals surface area (Å²) in [4.78, 5) is 5.16. The molecule has 0 fully saturated rings. The summed E-state index contributed by atoms with van der Waals surface area (Å²) >= 11 is 3.86. The summed E-state index contributed by atoms with van der Waals surface area (Å²) in [7, 11) is 0. The molecule has 264 valence electrons. The molecule has 0 bridgehead atoms. The number of hydrogen-bond donors (Lipinski definition) is 0. The predicted octanol–water partition coefficient (Wildman–Crippen LogP) is 13.2. The van der Waals surface area contributed by atoms with E-state index in [2.05, 4.69) is 201 Å². The maximum Gasteiger partial charge on any atom is 0.212 e. The Morgan fingerprint density at radius 2 is 1.18 bits per heavy atom. The van der Waals surface area contributed by atoms with Crippen molar-refractivity contribution in [3.8, 4) is 43.8 Å². The maximum absolute atomic E-state index is 2.50. The maximum atomic E-state index is 2.50. The van der Waals surface area contributed by atoms with Gasteiger partial charge in [0, 0.05) is 26.6 Å². The third-order valence-electron chi connectivity index (χ3n) is 11.6. The zero-order valence-corrected chi connectivity index (χ0v) is 32.7. The van der Waals surface area contributed by atoms with Crippen LogP contribution in [0.4, 0.5) is 16.4 Å². The first-order valence-electron chi connectivity index (χ1n) is 19.2. The van der Waals surface area contributed by atoms with E-state index in [1.54, 1.807) is 0 Å². The summed E-state index contributed by atoms with van der Waals surface area (Å²) in [6, 6.07) is 67.4. The van der Waals surface area contributed by atoms with Gasteiger partial charge in [-0.25, -0.2) is 0 Å². The van der Waals surface area contributed by atoms with Crippen molar-refractivity contribution < 1.29 is 0 Å². The number of hydrogen-bond acceptors (Lipinski definition) is 3. The Bertz CT molecular complexity index is 2650. The molecule has 0 radical (unpaired) electrons. The first kappa shape index (κ1) is 34.0. The monoisotopic (exact) mass is 741 g/mol. The molecule has 0 unspecified atom stereocenters. The van der Waals surface area contributed by atoms with Crippen LogP contribution in [0.5, 0.6) is 0 Å². The number of fused-ring (bicyclic) bond motifs is 4. The lowest BCUT2D eigenvalue weighted by Gasteiger charge is -2.30. The lowest BCUT2D eigenvalue weighted by Crippen LogP contribution is -2.46. The van der Waals surface area contributed by atoms with Crippen LogP contribution >= 0.6 is 23.1 Å². The second-order valence-corrected chi connectivity index (χ2v) is 17.4. The molecule has 0 amide bonds. The van der Waals surface area contributed by atoms with E-state index in [1.165, 1.54) is 81.5 Å². The Balaban J connectivity index is 1.22. The van der Waals surface area contributed by atoms with Gasteiger partial charge in [-0.3, -0.25) is 0 Å². The third-order valence-corrected chi connectivity index (χ3v) is 13.8. The molecule has 1 aliphatic heterocycles. The molecule has 0 saturated heterocycles. The second kappa shape index (κ2) is 13.9. The summed E-state index contributed by atoms with van der Waals surface area (Å²) in [5, 5.41) is 1.19. The highest BCUT2D eigenvalue weighted by Gasteiger charge is 2.39. The first-order chi connectivity index (χ1) is 27.0. The number of anilines is 3. The summed E-state index contributed by atoms with van der Waals surface area (Å²) in [5.74, 6) is 1.12. The lowest BCUT2D eigenvalue weighted by atomic mass is 9.38. The Kier molecular flexibility index (Phi) is 8.62. The Morgan fingerprint density at radius 3 is 1.95 bits per heavy atom. The minimum atomic E-state index is -0.174. The SMILES string of the molecule is CC1(C)c2ccccc2-c2c(-c3cccc4c3B(c3ccccc3)CCS4)cc(N(c3ccc(-c4ccccc4)cc3)c3ccc(-c4ccccc4)s3)cc21. The second-order valence-electron chi connectivity index (χ2n) is 15.2. The zero-order valence-electron chi connectivity index (χ0n) is 31.1. The molecular formula is C51H40BNS2. The number of nitrogens with zero attached hydrogens (tertiary/aromatic N) is 1. The molecule has 8 aromatic rings. The van der Waals surface area contributed by atoms with Crippen LogP contribution in [0.25, 0.3) is 43.8 Å². The van der Waals surface area contributed by atoms with E-state index >= 15 is 0 Å². The van der Waals surface area contributed by atoms with E-state index in [0.717, 1.165) is 17.8 Å². The fraction of sp³-hybridized carbons (Fsp3) is 0.0980. The van der Waals surface area contributed by atoms with E-state index in [9.17, 15) is 0 Å². The van der Waals surface area contributed by atoms with Gasteiger partial charge in [0.15, 0.2) is 0 Å². The summed E-state index contributed by atoms with van der Waals surface area (Å²) in [6.07, 6.45) is 1.13. The topological polar surface area (TPSA) is 3.24 Å². The molecule has 2 heterocycles. The lowest BCUT2D eigenvalue weighted by molar-refractivity contribution is 0.660. The van der Waals surface area contributed by atoms with Crippen LogP contribution in [-0.2, 0) is 5.41 Å². The van der Waals surface area contributed by atoms with Gasteiger partial charge in [-0.15, -0.1) is 23.1 Å². The first-order valence-corrected chi connectivity index (χ1v) is 21.0. The molecule has 0 atom stereocenters.